The molecule has 0 saturated heterocycles. The molecular weight excluding hydrogens is 438 g/mol. The second kappa shape index (κ2) is 12.1. The Kier molecular flexibility index (Phi) is 8.39. The maximum Gasteiger partial charge on any atom is 0.224 e. The molecular formula is C29H33N3O3. The Labute approximate surface area is 206 Å². The molecule has 0 spiro atoms. The number of benzene rings is 3. The SMILES string of the molecule is COc1cccc(OCCCCn2c(CCNC(=O)Cc3ccccc3C)nc3ccccc32)c1. The third-order valence-corrected chi connectivity index (χ3v) is 6.10. The normalized spacial score (nSPS) is 10.9. The van der Waals surface area contributed by atoms with Crippen molar-refractivity contribution in [3.63, 3.8) is 0 Å². The van der Waals surface area contributed by atoms with Crippen molar-refractivity contribution in [2.24, 2.45) is 0 Å². The average molecular weight is 472 g/mol. The van der Waals surface area contributed by atoms with Crippen LogP contribution in [0.2, 0.25) is 0 Å². The fourth-order valence-corrected chi connectivity index (χ4v) is 4.18. The number of fused-ring (bicyclic) bond motifs is 1. The predicted octanol–water partition coefficient (Wildman–Crippen LogP) is 5.11. The minimum absolute atomic E-state index is 0.0386. The number of carbonyl (C=O) groups is 1. The molecule has 0 aliphatic rings. The molecule has 1 N–H and O–H groups in total. The van der Waals surface area contributed by atoms with E-state index in [-0.39, 0.29) is 5.91 Å². The van der Waals surface area contributed by atoms with Crippen molar-refractivity contribution < 1.29 is 14.3 Å². The number of rotatable bonds is 12. The molecule has 0 radical (unpaired) electrons. The van der Waals surface area contributed by atoms with Crippen LogP contribution in [-0.4, -0.2) is 35.7 Å². The van der Waals surface area contributed by atoms with Crippen LogP contribution in [0.5, 0.6) is 11.5 Å². The van der Waals surface area contributed by atoms with Crippen molar-refractivity contribution in [1.82, 2.24) is 14.9 Å². The molecule has 6 nitrogen and oxygen atoms in total. The van der Waals surface area contributed by atoms with E-state index in [4.69, 9.17) is 14.5 Å². The van der Waals surface area contributed by atoms with Crippen LogP contribution in [0.4, 0.5) is 0 Å². The number of para-hydroxylation sites is 2. The van der Waals surface area contributed by atoms with Gasteiger partial charge >= 0.3 is 0 Å². The number of carbonyl (C=O) groups excluding carboxylic acids is 1. The Bertz CT molecular complexity index is 1270. The van der Waals surface area contributed by atoms with Gasteiger partial charge < -0.3 is 19.4 Å². The lowest BCUT2D eigenvalue weighted by Gasteiger charge is -2.11. The van der Waals surface area contributed by atoms with E-state index in [2.05, 4.69) is 16.0 Å². The second-order valence-electron chi connectivity index (χ2n) is 8.61. The zero-order chi connectivity index (χ0) is 24.5. The predicted molar refractivity (Wildman–Crippen MR) is 139 cm³/mol. The molecule has 1 amide bonds. The number of nitrogens with one attached hydrogen (secondary N) is 1. The van der Waals surface area contributed by atoms with E-state index in [1.54, 1.807) is 7.11 Å². The lowest BCUT2D eigenvalue weighted by molar-refractivity contribution is -0.120. The van der Waals surface area contributed by atoms with E-state index in [0.29, 0.717) is 26.0 Å². The maximum absolute atomic E-state index is 12.5. The van der Waals surface area contributed by atoms with E-state index >= 15 is 0 Å². The van der Waals surface area contributed by atoms with Gasteiger partial charge in [0.2, 0.25) is 5.91 Å². The first-order valence-electron chi connectivity index (χ1n) is 12.2. The quantitative estimate of drug-likeness (QED) is 0.292. The molecule has 0 aliphatic heterocycles. The fraction of sp³-hybridized carbons (Fsp3) is 0.310. The number of imidazole rings is 1. The minimum Gasteiger partial charge on any atom is -0.497 e. The van der Waals surface area contributed by atoms with Crippen LogP contribution < -0.4 is 14.8 Å². The van der Waals surface area contributed by atoms with E-state index in [1.165, 1.54) is 0 Å². The number of nitrogens with zero attached hydrogens (tertiary/aromatic N) is 2. The minimum atomic E-state index is 0.0386. The molecule has 1 aromatic heterocycles. The van der Waals surface area contributed by atoms with Crippen LogP contribution in [0, 0.1) is 6.92 Å². The first-order chi connectivity index (χ1) is 17.1. The van der Waals surface area contributed by atoms with Gasteiger partial charge in [-0.1, -0.05) is 42.5 Å². The summed E-state index contributed by atoms with van der Waals surface area (Å²) in [6.45, 7) is 4.10. The number of hydrogen-bond donors (Lipinski definition) is 1. The molecule has 3 aromatic carbocycles. The Morgan fingerprint density at radius 2 is 1.77 bits per heavy atom. The molecule has 182 valence electrons. The number of unbranched alkanes of at least 4 members (excludes halogenated alkanes) is 1. The Balaban J connectivity index is 1.30. The van der Waals surface area contributed by atoms with Gasteiger partial charge in [-0.25, -0.2) is 4.98 Å². The van der Waals surface area contributed by atoms with Crippen LogP contribution in [0.3, 0.4) is 0 Å². The van der Waals surface area contributed by atoms with Gasteiger partial charge in [0.05, 0.1) is 31.2 Å². The summed E-state index contributed by atoms with van der Waals surface area (Å²) in [5, 5.41) is 3.06. The molecule has 0 saturated carbocycles. The van der Waals surface area contributed by atoms with E-state index in [9.17, 15) is 4.79 Å². The molecule has 35 heavy (non-hydrogen) atoms. The third kappa shape index (κ3) is 6.63. The van der Waals surface area contributed by atoms with Crippen LogP contribution in [0.25, 0.3) is 11.0 Å². The van der Waals surface area contributed by atoms with E-state index in [1.807, 2.05) is 73.7 Å². The van der Waals surface area contributed by atoms with Gasteiger partial charge in [0.25, 0.3) is 0 Å². The zero-order valence-electron chi connectivity index (χ0n) is 20.5. The number of hydrogen-bond acceptors (Lipinski definition) is 4. The number of amides is 1. The maximum atomic E-state index is 12.5. The molecule has 0 atom stereocenters. The fourth-order valence-electron chi connectivity index (χ4n) is 4.18. The lowest BCUT2D eigenvalue weighted by atomic mass is 10.1. The molecule has 4 aromatic rings. The van der Waals surface area contributed by atoms with Crippen molar-refractivity contribution in [1.29, 1.82) is 0 Å². The van der Waals surface area contributed by atoms with Gasteiger partial charge in [0, 0.05) is 25.6 Å². The standard InChI is InChI=1S/C29H33N3O3/c1-22-10-3-4-11-23(22)20-29(33)30-17-16-28-31-26-14-5-6-15-27(26)32(28)18-7-8-19-35-25-13-9-12-24(21-25)34-2/h3-6,9-15,21H,7-8,16-20H2,1-2H3,(H,30,33). The third-order valence-electron chi connectivity index (χ3n) is 6.10. The summed E-state index contributed by atoms with van der Waals surface area (Å²) in [7, 11) is 1.65. The summed E-state index contributed by atoms with van der Waals surface area (Å²) < 4.78 is 13.4. The molecule has 0 aliphatic carbocycles. The van der Waals surface area contributed by atoms with Gasteiger partial charge in [-0.3, -0.25) is 4.79 Å². The number of ether oxygens (including phenoxy) is 2. The van der Waals surface area contributed by atoms with Crippen molar-refractivity contribution in [3.05, 3.63) is 89.7 Å². The van der Waals surface area contributed by atoms with E-state index in [0.717, 1.165) is 58.9 Å². The highest BCUT2D eigenvalue weighted by Gasteiger charge is 2.11. The number of aryl methyl sites for hydroxylation is 2. The summed E-state index contributed by atoms with van der Waals surface area (Å²) in [5.41, 5.74) is 4.32. The van der Waals surface area contributed by atoms with E-state index < -0.39 is 0 Å². The molecule has 0 fully saturated rings. The van der Waals surface area contributed by atoms with Gasteiger partial charge in [0.15, 0.2) is 0 Å². The van der Waals surface area contributed by atoms with Crippen molar-refractivity contribution in [2.45, 2.75) is 39.2 Å². The van der Waals surface area contributed by atoms with Crippen LogP contribution in [0.1, 0.15) is 29.8 Å². The first-order valence-corrected chi connectivity index (χ1v) is 12.2. The van der Waals surface area contributed by atoms with Gasteiger partial charge in [0.1, 0.15) is 17.3 Å². The lowest BCUT2D eigenvalue weighted by Crippen LogP contribution is -2.28. The second-order valence-corrected chi connectivity index (χ2v) is 8.61. The topological polar surface area (TPSA) is 65.4 Å². The number of aromatic nitrogens is 2. The molecule has 1 heterocycles. The zero-order valence-corrected chi connectivity index (χ0v) is 20.5. The summed E-state index contributed by atoms with van der Waals surface area (Å²) in [5.74, 6) is 2.65. The Morgan fingerprint density at radius 1 is 0.971 bits per heavy atom. The molecule has 6 heteroatoms. The van der Waals surface area contributed by atoms with Gasteiger partial charge in [-0.2, -0.15) is 0 Å². The average Bonchev–Trinajstić information content (AvgIpc) is 3.22. The summed E-state index contributed by atoms with van der Waals surface area (Å²) >= 11 is 0. The monoisotopic (exact) mass is 471 g/mol. The molecule has 0 unspecified atom stereocenters. The van der Waals surface area contributed by atoms with Crippen LogP contribution in [0.15, 0.2) is 72.8 Å². The van der Waals surface area contributed by atoms with Gasteiger partial charge in [-0.05, 0) is 55.2 Å². The van der Waals surface area contributed by atoms with Crippen molar-refractivity contribution in [3.8, 4) is 11.5 Å². The van der Waals surface area contributed by atoms with Crippen molar-refractivity contribution >= 4 is 16.9 Å². The highest BCUT2D eigenvalue weighted by Crippen LogP contribution is 2.20. The van der Waals surface area contributed by atoms with Gasteiger partial charge in [-0.15, -0.1) is 0 Å². The smallest absolute Gasteiger partial charge is 0.224 e. The Morgan fingerprint density at radius 3 is 2.63 bits per heavy atom. The van der Waals surface area contributed by atoms with Crippen LogP contribution >= 0.6 is 0 Å². The summed E-state index contributed by atoms with van der Waals surface area (Å²) in [4.78, 5) is 17.3. The van der Waals surface area contributed by atoms with Crippen LogP contribution in [-0.2, 0) is 24.2 Å². The molecule has 4 rings (SSSR count). The molecule has 0 bridgehead atoms. The Hall–Kier alpha value is -3.80. The van der Waals surface area contributed by atoms with Crippen molar-refractivity contribution in [2.75, 3.05) is 20.3 Å². The highest BCUT2D eigenvalue weighted by molar-refractivity contribution is 5.79. The summed E-state index contributed by atoms with van der Waals surface area (Å²) in [6, 6.07) is 23.9. The first kappa shape index (κ1) is 24.3. The number of methoxy groups -OCH3 is 1. The summed E-state index contributed by atoms with van der Waals surface area (Å²) in [6.07, 6.45) is 2.98. The largest absolute Gasteiger partial charge is 0.497 e. The highest BCUT2D eigenvalue weighted by atomic mass is 16.5.